The van der Waals surface area contributed by atoms with Crippen LogP contribution >= 0.6 is 11.3 Å². The first-order valence-corrected chi connectivity index (χ1v) is 17.8. The van der Waals surface area contributed by atoms with Crippen molar-refractivity contribution in [3.63, 3.8) is 0 Å². The van der Waals surface area contributed by atoms with Gasteiger partial charge >= 0.3 is 0 Å². The summed E-state index contributed by atoms with van der Waals surface area (Å²) in [5, 5.41) is 2.58. The van der Waals surface area contributed by atoms with E-state index in [-0.39, 0.29) is 0 Å². The number of rotatable bonds is 7. The van der Waals surface area contributed by atoms with Gasteiger partial charge in [-0.3, -0.25) is 0 Å². The summed E-state index contributed by atoms with van der Waals surface area (Å²) in [6, 6.07) is 72.3. The van der Waals surface area contributed by atoms with Crippen molar-refractivity contribution in [2.75, 3.05) is 4.90 Å². The van der Waals surface area contributed by atoms with Crippen molar-refractivity contribution in [2.45, 2.75) is 0 Å². The zero-order valence-electron chi connectivity index (χ0n) is 27.4. The Morgan fingerprint density at radius 1 is 0.300 bits per heavy atom. The average molecular weight is 656 g/mol. The molecule has 1 nitrogen and oxygen atoms in total. The van der Waals surface area contributed by atoms with Crippen LogP contribution in [0.1, 0.15) is 0 Å². The third-order valence-electron chi connectivity index (χ3n) is 9.51. The van der Waals surface area contributed by atoms with E-state index < -0.39 is 0 Å². The van der Waals surface area contributed by atoms with Gasteiger partial charge in [0, 0.05) is 37.1 Å². The van der Waals surface area contributed by atoms with Gasteiger partial charge in [0.05, 0.1) is 5.69 Å². The quantitative estimate of drug-likeness (QED) is 0.165. The molecule has 8 aromatic carbocycles. The molecule has 236 valence electrons. The molecule has 0 N–H and O–H groups in total. The molecular weight excluding hydrogens is 623 g/mol. The molecular formula is C48H33NS. The molecule has 0 atom stereocenters. The van der Waals surface area contributed by atoms with Crippen molar-refractivity contribution in [3.05, 3.63) is 200 Å². The summed E-state index contributed by atoms with van der Waals surface area (Å²) in [6.07, 6.45) is 0. The molecule has 9 aromatic rings. The molecule has 0 amide bonds. The van der Waals surface area contributed by atoms with Crippen LogP contribution in [0.5, 0.6) is 0 Å². The Kier molecular flexibility index (Phi) is 7.77. The summed E-state index contributed by atoms with van der Waals surface area (Å²) >= 11 is 1.86. The summed E-state index contributed by atoms with van der Waals surface area (Å²) in [6.45, 7) is 0. The van der Waals surface area contributed by atoms with E-state index in [0.29, 0.717) is 0 Å². The standard InChI is InChI=1S/C48H33NS/c1-4-12-34(13-5-1)37-20-22-40(23-21-37)47-44(32-33-46-48(47)43-18-10-11-19-45(43)50-46)49(41-28-24-38(25-29-41)35-14-6-2-7-15-35)42-30-26-39(27-31-42)36-16-8-3-9-17-36/h1-33H. The highest BCUT2D eigenvalue weighted by Crippen LogP contribution is 2.49. The molecule has 0 bridgehead atoms. The number of hydrogen-bond donors (Lipinski definition) is 0. The third-order valence-corrected chi connectivity index (χ3v) is 10.6. The molecule has 9 rings (SSSR count). The van der Waals surface area contributed by atoms with Crippen molar-refractivity contribution in [1.29, 1.82) is 0 Å². The molecule has 1 aromatic heterocycles. The zero-order chi connectivity index (χ0) is 33.3. The van der Waals surface area contributed by atoms with Gasteiger partial charge in [0.15, 0.2) is 0 Å². The lowest BCUT2D eigenvalue weighted by Gasteiger charge is -2.29. The van der Waals surface area contributed by atoms with E-state index in [4.69, 9.17) is 0 Å². The number of nitrogens with zero attached hydrogens (tertiary/aromatic N) is 1. The van der Waals surface area contributed by atoms with Crippen molar-refractivity contribution < 1.29 is 0 Å². The van der Waals surface area contributed by atoms with E-state index >= 15 is 0 Å². The van der Waals surface area contributed by atoms with E-state index in [1.165, 1.54) is 64.7 Å². The number of thiophene rings is 1. The Balaban J connectivity index is 1.26. The fraction of sp³-hybridized carbons (Fsp3) is 0. The Morgan fingerprint density at radius 3 is 1.20 bits per heavy atom. The normalized spacial score (nSPS) is 11.2. The van der Waals surface area contributed by atoms with E-state index in [2.05, 4.69) is 205 Å². The van der Waals surface area contributed by atoms with Crippen LogP contribution in [-0.4, -0.2) is 0 Å². The van der Waals surface area contributed by atoms with E-state index in [9.17, 15) is 0 Å². The maximum Gasteiger partial charge on any atom is 0.0547 e. The lowest BCUT2D eigenvalue weighted by atomic mass is 9.94. The zero-order valence-corrected chi connectivity index (χ0v) is 28.2. The highest BCUT2D eigenvalue weighted by atomic mass is 32.1. The molecule has 0 aliphatic rings. The minimum absolute atomic E-state index is 1.11. The Morgan fingerprint density at radius 2 is 0.700 bits per heavy atom. The van der Waals surface area contributed by atoms with Gasteiger partial charge in [-0.25, -0.2) is 0 Å². The highest BCUT2D eigenvalue weighted by molar-refractivity contribution is 7.26. The van der Waals surface area contributed by atoms with Crippen LogP contribution in [-0.2, 0) is 0 Å². The molecule has 1 heterocycles. The average Bonchev–Trinajstić information content (AvgIpc) is 3.58. The first kappa shape index (κ1) is 29.9. The van der Waals surface area contributed by atoms with Gasteiger partial charge in [-0.05, 0) is 81.4 Å². The van der Waals surface area contributed by atoms with Crippen molar-refractivity contribution in [1.82, 2.24) is 0 Å². The molecule has 0 radical (unpaired) electrons. The summed E-state index contributed by atoms with van der Waals surface area (Å²) in [5.74, 6) is 0. The molecule has 0 aliphatic carbocycles. The fourth-order valence-corrected chi connectivity index (χ4v) is 8.15. The second-order valence-electron chi connectivity index (χ2n) is 12.5. The topological polar surface area (TPSA) is 3.24 Å². The van der Waals surface area contributed by atoms with Crippen molar-refractivity contribution in [2.24, 2.45) is 0 Å². The predicted molar refractivity (Wildman–Crippen MR) is 216 cm³/mol. The summed E-state index contributed by atoms with van der Waals surface area (Å²) in [4.78, 5) is 2.43. The highest BCUT2D eigenvalue weighted by Gasteiger charge is 2.22. The van der Waals surface area contributed by atoms with Crippen LogP contribution in [0.15, 0.2) is 200 Å². The predicted octanol–water partition coefficient (Wildman–Crippen LogP) is 14.2. The van der Waals surface area contributed by atoms with Crippen LogP contribution in [0.4, 0.5) is 17.1 Å². The number of hydrogen-bond acceptors (Lipinski definition) is 2. The van der Waals surface area contributed by atoms with Gasteiger partial charge in [-0.15, -0.1) is 11.3 Å². The Labute approximate surface area is 297 Å². The van der Waals surface area contributed by atoms with Crippen molar-refractivity contribution >= 4 is 48.6 Å². The second-order valence-corrected chi connectivity index (χ2v) is 13.6. The lowest BCUT2D eigenvalue weighted by molar-refractivity contribution is 1.29. The molecule has 0 saturated carbocycles. The Hall–Kier alpha value is -6.22. The minimum atomic E-state index is 1.11. The minimum Gasteiger partial charge on any atom is -0.310 e. The monoisotopic (exact) mass is 655 g/mol. The first-order valence-electron chi connectivity index (χ1n) is 17.0. The summed E-state index contributed by atoms with van der Waals surface area (Å²) in [5.41, 5.74) is 13.0. The number of benzene rings is 8. The van der Waals surface area contributed by atoms with Gasteiger partial charge in [0.1, 0.15) is 0 Å². The van der Waals surface area contributed by atoms with Crippen LogP contribution in [0, 0.1) is 0 Å². The van der Waals surface area contributed by atoms with E-state index in [1.54, 1.807) is 0 Å². The van der Waals surface area contributed by atoms with Crippen LogP contribution < -0.4 is 4.90 Å². The molecule has 0 aliphatic heterocycles. The van der Waals surface area contributed by atoms with Gasteiger partial charge < -0.3 is 4.90 Å². The summed E-state index contributed by atoms with van der Waals surface area (Å²) in [7, 11) is 0. The van der Waals surface area contributed by atoms with E-state index in [1.807, 2.05) is 11.3 Å². The lowest BCUT2D eigenvalue weighted by Crippen LogP contribution is -2.11. The van der Waals surface area contributed by atoms with Crippen LogP contribution in [0.2, 0.25) is 0 Å². The fourth-order valence-electron chi connectivity index (χ4n) is 7.04. The van der Waals surface area contributed by atoms with Gasteiger partial charge in [-0.2, -0.15) is 0 Å². The summed E-state index contributed by atoms with van der Waals surface area (Å²) < 4.78 is 2.59. The molecule has 0 spiro atoms. The maximum atomic E-state index is 2.43. The van der Waals surface area contributed by atoms with Crippen LogP contribution in [0.3, 0.4) is 0 Å². The molecule has 0 fully saturated rings. The second kappa shape index (κ2) is 13.0. The first-order chi connectivity index (χ1) is 24.8. The van der Waals surface area contributed by atoms with Gasteiger partial charge in [0.25, 0.3) is 0 Å². The van der Waals surface area contributed by atoms with Crippen LogP contribution in [0.25, 0.3) is 64.7 Å². The number of fused-ring (bicyclic) bond motifs is 3. The molecule has 0 unspecified atom stereocenters. The molecule has 2 heteroatoms. The third kappa shape index (κ3) is 5.56. The van der Waals surface area contributed by atoms with Gasteiger partial charge in [-0.1, -0.05) is 158 Å². The number of anilines is 3. The maximum absolute atomic E-state index is 2.43. The van der Waals surface area contributed by atoms with Gasteiger partial charge in [0.2, 0.25) is 0 Å². The smallest absolute Gasteiger partial charge is 0.0547 e. The molecule has 50 heavy (non-hydrogen) atoms. The largest absolute Gasteiger partial charge is 0.310 e. The van der Waals surface area contributed by atoms with Crippen molar-refractivity contribution in [3.8, 4) is 44.5 Å². The SMILES string of the molecule is c1ccc(-c2ccc(-c3c(N(c4ccc(-c5ccccc5)cc4)c4ccc(-c5ccccc5)cc4)ccc4sc5ccccc5c34)cc2)cc1. The molecule has 0 saturated heterocycles. The van der Waals surface area contributed by atoms with E-state index in [0.717, 1.165) is 17.1 Å². The Bertz CT molecular complexity index is 2450.